The number of aromatic nitrogens is 1. The zero-order valence-electron chi connectivity index (χ0n) is 9.77. The van der Waals surface area contributed by atoms with E-state index in [0.29, 0.717) is 22.8 Å². The number of alkyl halides is 1. The van der Waals surface area contributed by atoms with E-state index in [0.717, 1.165) is 12.3 Å². The van der Waals surface area contributed by atoms with E-state index >= 15 is 0 Å². The molecule has 88 valence electrons. The van der Waals surface area contributed by atoms with Crippen molar-refractivity contribution < 1.29 is 4.74 Å². The van der Waals surface area contributed by atoms with Crippen LogP contribution in [0.3, 0.4) is 0 Å². The Hall–Kier alpha value is -0.410. The third-order valence-corrected chi connectivity index (χ3v) is 4.70. The molecule has 3 heteroatoms. The van der Waals surface area contributed by atoms with Crippen LogP contribution in [0.25, 0.3) is 0 Å². The maximum absolute atomic E-state index is 5.79. The second-order valence-electron chi connectivity index (χ2n) is 4.59. The molecule has 0 saturated carbocycles. The van der Waals surface area contributed by atoms with E-state index in [1.165, 1.54) is 6.42 Å². The predicted octanol–water partition coefficient (Wildman–Crippen LogP) is 3.37. The number of nitrogens with zero attached hydrogens (tertiary/aromatic N) is 1. The molecule has 2 rings (SSSR count). The van der Waals surface area contributed by atoms with Crippen LogP contribution in [-0.2, 0) is 4.74 Å². The topological polar surface area (TPSA) is 22.1 Å². The summed E-state index contributed by atoms with van der Waals surface area (Å²) in [6.07, 6.45) is 3.34. The lowest BCUT2D eigenvalue weighted by Crippen LogP contribution is -2.29. The van der Waals surface area contributed by atoms with Gasteiger partial charge in [-0.3, -0.25) is 4.98 Å². The van der Waals surface area contributed by atoms with Crippen LogP contribution in [-0.4, -0.2) is 22.5 Å². The van der Waals surface area contributed by atoms with Crippen LogP contribution in [0.15, 0.2) is 24.4 Å². The molecular weight excluding hydrogens is 266 g/mol. The summed E-state index contributed by atoms with van der Waals surface area (Å²) in [5.41, 5.74) is 1.13. The summed E-state index contributed by atoms with van der Waals surface area (Å²) < 4.78 is 5.79. The quantitative estimate of drug-likeness (QED) is 0.794. The monoisotopic (exact) mass is 283 g/mol. The molecule has 1 aliphatic rings. The average Bonchev–Trinajstić information content (AvgIpc) is 2.75. The molecule has 0 amide bonds. The van der Waals surface area contributed by atoms with Crippen LogP contribution >= 0.6 is 15.9 Å². The summed E-state index contributed by atoms with van der Waals surface area (Å²) in [7, 11) is 0. The zero-order valence-corrected chi connectivity index (χ0v) is 11.4. The van der Waals surface area contributed by atoms with Crippen LogP contribution < -0.4 is 0 Å². The van der Waals surface area contributed by atoms with Gasteiger partial charge in [-0.15, -0.1) is 0 Å². The van der Waals surface area contributed by atoms with E-state index in [-0.39, 0.29) is 0 Å². The minimum Gasteiger partial charge on any atom is -0.377 e. The second-order valence-corrected chi connectivity index (χ2v) is 5.65. The van der Waals surface area contributed by atoms with Gasteiger partial charge in [-0.05, 0) is 24.5 Å². The zero-order chi connectivity index (χ0) is 11.5. The molecule has 1 aromatic heterocycles. The molecule has 1 aromatic rings. The molecule has 0 N–H and O–H groups in total. The minimum absolute atomic E-state index is 0.317. The van der Waals surface area contributed by atoms with Crippen LogP contribution in [0.2, 0.25) is 0 Å². The van der Waals surface area contributed by atoms with Gasteiger partial charge in [0.2, 0.25) is 0 Å². The largest absolute Gasteiger partial charge is 0.377 e. The molecule has 2 nitrogen and oxygen atoms in total. The normalized spacial score (nSPS) is 28.9. The first-order valence-corrected chi connectivity index (χ1v) is 6.78. The Morgan fingerprint density at radius 2 is 2.31 bits per heavy atom. The molecule has 0 bridgehead atoms. The molecule has 4 atom stereocenters. The molecule has 16 heavy (non-hydrogen) atoms. The molecule has 0 spiro atoms. The van der Waals surface area contributed by atoms with E-state index in [9.17, 15) is 0 Å². The van der Waals surface area contributed by atoms with E-state index in [1.807, 2.05) is 18.3 Å². The lowest BCUT2D eigenvalue weighted by molar-refractivity contribution is 0.0885. The second kappa shape index (κ2) is 5.28. The fourth-order valence-electron chi connectivity index (χ4n) is 2.22. The molecule has 1 fully saturated rings. The highest BCUT2D eigenvalue weighted by atomic mass is 79.9. The van der Waals surface area contributed by atoms with Crippen molar-refractivity contribution in [3.63, 3.8) is 0 Å². The summed E-state index contributed by atoms with van der Waals surface area (Å²) in [6, 6.07) is 6.07. The highest BCUT2D eigenvalue weighted by Gasteiger charge is 2.34. The summed E-state index contributed by atoms with van der Waals surface area (Å²) >= 11 is 3.78. The smallest absolute Gasteiger partial charge is 0.0732 e. The maximum Gasteiger partial charge on any atom is 0.0732 e. The fourth-order valence-corrected chi connectivity index (χ4v) is 3.16. The van der Waals surface area contributed by atoms with Gasteiger partial charge in [0.1, 0.15) is 0 Å². The van der Waals surface area contributed by atoms with Crippen LogP contribution in [0.5, 0.6) is 0 Å². The van der Waals surface area contributed by atoms with Crippen molar-refractivity contribution in [3.8, 4) is 0 Å². The number of ether oxygens (including phenoxy) is 1. The fraction of sp³-hybridized carbons (Fsp3) is 0.615. The third-order valence-electron chi connectivity index (χ3n) is 3.39. The van der Waals surface area contributed by atoms with Crippen molar-refractivity contribution in [2.45, 2.75) is 37.1 Å². The molecule has 1 aliphatic heterocycles. The van der Waals surface area contributed by atoms with Gasteiger partial charge in [-0.2, -0.15) is 0 Å². The first-order valence-electron chi connectivity index (χ1n) is 5.86. The van der Waals surface area contributed by atoms with E-state index in [1.54, 1.807) is 0 Å². The first-order chi connectivity index (χ1) is 7.70. The molecule has 0 aromatic carbocycles. The SMILES string of the molecule is CC1CCOC1C(Br)C(C)c1ccccn1. The van der Waals surface area contributed by atoms with E-state index in [2.05, 4.69) is 40.8 Å². The first kappa shape index (κ1) is 12.1. The number of halogens is 1. The van der Waals surface area contributed by atoms with Crippen molar-refractivity contribution in [3.05, 3.63) is 30.1 Å². The standard InChI is InChI=1S/C13H18BrNO/c1-9-6-8-16-13(9)12(14)10(2)11-5-3-4-7-15-11/h3-5,7,9-10,12-13H,6,8H2,1-2H3. The van der Waals surface area contributed by atoms with Crippen LogP contribution in [0.1, 0.15) is 31.9 Å². The van der Waals surface area contributed by atoms with Gasteiger partial charge < -0.3 is 4.74 Å². The predicted molar refractivity (Wildman–Crippen MR) is 68.9 cm³/mol. The van der Waals surface area contributed by atoms with Gasteiger partial charge in [-0.1, -0.05) is 35.8 Å². The van der Waals surface area contributed by atoms with Gasteiger partial charge in [0.05, 0.1) is 6.10 Å². The molecular formula is C13H18BrNO. The molecule has 2 heterocycles. The third kappa shape index (κ3) is 2.46. The van der Waals surface area contributed by atoms with Crippen molar-refractivity contribution in [2.75, 3.05) is 6.61 Å². The van der Waals surface area contributed by atoms with Crippen molar-refractivity contribution in [1.82, 2.24) is 4.98 Å². The summed E-state index contributed by atoms with van der Waals surface area (Å²) in [5.74, 6) is 1.02. The van der Waals surface area contributed by atoms with E-state index < -0.39 is 0 Å². The highest BCUT2D eigenvalue weighted by molar-refractivity contribution is 9.09. The lowest BCUT2D eigenvalue weighted by Gasteiger charge is -2.26. The van der Waals surface area contributed by atoms with Crippen molar-refractivity contribution in [2.24, 2.45) is 5.92 Å². The number of rotatable bonds is 3. The summed E-state index contributed by atoms with van der Waals surface area (Å²) in [6.45, 7) is 5.36. The van der Waals surface area contributed by atoms with Crippen molar-refractivity contribution in [1.29, 1.82) is 0 Å². The van der Waals surface area contributed by atoms with Gasteiger partial charge >= 0.3 is 0 Å². The van der Waals surface area contributed by atoms with Gasteiger partial charge in [0.15, 0.2) is 0 Å². The van der Waals surface area contributed by atoms with Crippen molar-refractivity contribution >= 4 is 15.9 Å². The molecule has 0 radical (unpaired) electrons. The number of hydrogen-bond donors (Lipinski definition) is 0. The summed E-state index contributed by atoms with van der Waals surface area (Å²) in [5, 5.41) is 0. The Kier molecular flexibility index (Phi) is 3.98. The van der Waals surface area contributed by atoms with Gasteiger partial charge in [0.25, 0.3) is 0 Å². The Morgan fingerprint density at radius 1 is 1.50 bits per heavy atom. The Bertz CT molecular complexity index is 330. The van der Waals surface area contributed by atoms with Gasteiger partial charge in [-0.25, -0.2) is 0 Å². The maximum atomic E-state index is 5.79. The van der Waals surface area contributed by atoms with E-state index in [4.69, 9.17) is 4.74 Å². The number of pyridine rings is 1. The highest BCUT2D eigenvalue weighted by Crippen LogP contribution is 2.34. The molecule has 0 aliphatic carbocycles. The van der Waals surface area contributed by atoms with Gasteiger partial charge in [0, 0.05) is 29.2 Å². The Balaban J connectivity index is 2.07. The van der Waals surface area contributed by atoms with Crippen LogP contribution in [0.4, 0.5) is 0 Å². The molecule has 1 saturated heterocycles. The lowest BCUT2D eigenvalue weighted by atomic mass is 9.92. The summed E-state index contributed by atoms with van der Waals surface area (Å²) in [4.78, 5) is 4.76. The van der Waals surface area contributed by atoms with Crippen LogP contribution in [0, 0.1) is 5.92 Å². The minimum atomic E-state index is 0.317. The number of hydrogen-bond acceptors (Lipinski definition) is 2. The molecule has 4 unspecified atom stereocenters. The Morgan fingerprint density at radius 3 is 2.88 bits per heavy atom. The Labute approximate surface area is 106 Å². The average molecular weight is 284 g/mol.